The summed E-state index contributed by atoms with van der Waals surface area (Å²) < 4.78 is 4.99. The maximum absolute atomic E-state index is 12.2. The summed E-state index contributed by atoms with van der Waals surface area (Å²) in [6, 6.07) is 8.78. The van der Waals surface area contributed by atoms with Crippen LogP contribution in [0.4, 0.5) is 0 Å². The molecule has 0 saturated heterocycles. The molecule has 0 radical (unpaired) electrons. The number of hydrogen-bond acceptors (Lipinski definition) is 3. The van der Waals surface area contributed by atoms with Crippen molar-refractivity contribution >= 4 is 5.97 Å². The van der Waals surface area contributed by atoms with E-state index in [2.05, 4.69) is 75.5 Å². The average Bonchev–Trinajstić information content (AvgIpc) is 2.72. The first-order chi connectivity index (χ1) is 13.8. The molecule has 4 rings (SSSR count). The topological polar surface area (TPSA) is 38.3 Å². The van der Waals surface area contributed by atoms with Gasteiger partial charge in [-0.3, -0.25) is 4.79 Å². The van der Waals surface area contributed by atoms with E-state index < -0.39 is 0 Å². The van der Waals surface area contributed by atoms with Crippen molar-refractivity contribution in [3.8, 4) is 0 Å². The Hall–Kier alpha value is -2.55. The molecule has 3 aliphatic carbocycles. The van der Waals surface area contributed by atoms with Crippen molar-refractivity contribution in [2.24, 2.45) is 17.8 Å². The largest absolute Gasteiger partial charge is 0.468 e. The van der Waals surface area contributed by atoms with Gasteiger partial charge >= 0.3 is 5.97 Å². The number of fused-ring (bicyclic) bond motifs is 2. The SMILES string of the molecule is COC(=O)C1C=CC=CC1NC1=CC2C(C=C1)C(C)(C)c1ccccc1C2(C)C. The summed E-state index contributed by atoms with van der Waals surface area (Å²) in [6.45, 7) is 9.42. The van der Waals surface area contributed by atoms with Crippen LogP contribution in [0.15, 0.2) is 72.5 Å². The summed E-state index contributed by atoms with van der Waals surface area (Å²) in [5, 5.41) is 3.58. The number of benzene rings is 1. The maximum Gasteiger partial charge on any atom is 0.314 e. The second kappa shape index (κ2) is 7.05. The van der Waals surface area contributed by atoms with E-state index in [9.17, 15) is 4.79 Å². The number of hydrogen-bond donors (Lipinski definition) is 1. The third kappa shape index (κ3) is 3.17. The molecular weight excluding hydrogens is 358 g/mol. The molecule has 0 amide bonds. The Kier molecular flexibility index (Phi) is 4.80. The normalized spacial score (nSPS) is 30.7. The number of allylic oxidation sites excluding steroid dienone is 5. The van der Waals surface area contributed by atoms with Crippen LogP contribution in [0, 0.1) is 17.8 Å². The molecule has 0 bridgehead atoms. The first-order valence-corrected chi connectivity index (χ1v) is 10.5. The summed E-state index contributed by atoms with van der Waals surface area (Å²) >= 11 is 0. The summed E-state index contributed by atoms with van der Waals surface area (Å²) in [5.74, 6) is 0.277. The van der Waals surface area contributed by atoms with Gasteiger partial charge in [-0.15, -0.1) is 0 Å². The first-order valence-electron chi connectivity index (χ1n) is 10.5. The highest BCUT2D eigenvalue weighted by Gasteiger charge is 2.49. The van der Waals surface area contributed by atoms with Gasteiger partial charge in [0.05, 0.1) is 19.1 Å². The van der Waals surface area contributed by atoms with Crippen LogP contribution < -0.4 is 5.32 Å². The van der Waals surface area contributed by atoms with E-state index in [1.165, 1.54) is 18.2 Å². The highest BCUT2D eigenvalue weighted by molar-refractivity contribution is 5.76. The fraction of sp³-hybridized carbons (Fsp3) is 0.423. The van der Waals surface area contributed by atoms with Crippen LogP contribution in [0.25, 0.3) is 0 Å². The summed E-state index contributed by atoms with van der Waals surface area (Å²) in [7, 11) is 1.44. The molecule has 0 aliphatic heterocycles. The van der Waals surface area contributed by atoms with Gasteiger partial charge in [0.1, 0.15) is 0 Å². The smallest absolute Gasteiger partial charge is 0.314 e. The van der Waals surface area contributed by atoms with Gasteiger partial charge in [0.25, 0.3) is 0 Å². The molecular formula is C26H31NO2. The van der Waals surface area contributed by atoms with Crippen LogP contribution in [0.2, 0.25) is 0 Å². The number of methoxy groups -OCH3 is 1. The van der Waals surface area contributed by atoms with Crippen molar-refractivity contribution in [2.45, 2.75) is 44.6 Å². The summed E-state index contributed by atoms with van der Waals surface area (Å²) in [5.41, 5.74) is 4.06. The molecule has 3 heteroatoms. The van der Waals surface area contributed by atoms with Gasteiger partial charge in [0.15, 0.2) is 0 Å². The van der Waals surface area contributed by atoms with E-state index in [1.807, 2.05) is 24.3 Å². The van der Waals surface area contributed by atoms with Crippen LogP contribution in [0.3, 0.4) is 0 Å². The monoisotopic (exact) mass is 389 g/mol. The number of rotatable bonds is 3. The zero-order valence-electron chi connectivity index (χ0n) is 18.0. The third-order valence-corrected chi connectivity index (χ3v) is 7.15. The lowest BCUT2D eigenvalue weighted by molar-refractivity contribution is -0.144. The van der Waals surface area contributed by atoms with E-state index >= 15 is 0 Å². The minimum atomic E-state index is -0.312. The van der Waals surface area contributed by atoms with E-state index in [0.717, 1.165) is 5.70 Å². The third-order valence-electron chi connectivity index (χ3n) is 7.15. The van der Waals surface area contributed by atoms with E-state index in [0.29, 0.717) is 11.8 Å². The van der Waals surface area contributed by atoms with Gasteiger partial charge in [-0.2, -0.15) is 0 Å². The van der Waals surface area contributed by atoms with E-state index in [4.69, 9.17) is 4.74 Å². The molecule has 0 heterocycles. The molecule has 3 nitrogen and oxygen atoms in total. The molecule has 1 aromatic rings. The van der Waals surface area contributed by atoms with Crippen molar-refractivity contribution in [3.05, 3.63) is 83.6 Å². The highest BCUT2D eigenvalue weighted by atomic mass is 16.5. The fourth-order valence-corrected chi connectivity index (χ4v) is 5.39. The van der Waals surface area contributed by atoms with Gasteiger partial charge in [-0.05, 0) is 39.9 Å². The van der Waals surface area contributed by atoms with E-state index in [1.54, 1.807) is 0 Å². The number of carbonyl (C=O) groups excluding carboxylic acids is 1. The second-order valence-corrected chi connectivity index (χ2v) is 9.51. The Balaban J connectivity index is 1.67. The van der Waals surface area contributed by atoms with Crippen molar-refractivity contribution in [2.75, 3.05) is 7.11 Å². The Morgan fingerprint density at radius 1 is 0.931 bits per heavy atom. The van der Waals surface area contributed by atoms with Crippen molar-refractivity contribution in [1.82, 2.24) is 5.32 Å². The molecule has 1 N–H and O–H groups in total. The summed E-state index contributed by atoms with van der Waals surface area (Å²) in [4.78, 5) is 12.2. The molecule has 4 atom stereocenters. The summed E-state index contributed by atoms with van der Waals surface area (Å²) in [6.07, 6.45) is 14.8. The Morgan fingerprint density at radius 3 is 2.21 bits per heavy atom. The van der Waals surface area contributed by atoms with Gasteiger partial charge in [-0.1, -0.05) is 88.4 Å². The van der Waals surface area contributed by atoms with Crippen LogP contribution in [-0.4, -0.2) is 19.1 Å². The lowest BCUT2D eigenvalue weighted by Gasteiger charge is -2.53. The predicted octanol–water partition coefficient (Wildman–Crippen LogP) is 4.81. The standard InChI is InChI=1S/C26H31NO2/c1-25(2)19-11-7-8-12-20(19)26(3,4)22-16-17(14-15-21(22)25)27-23-13-9-6-10-18(23)24(28)29-5/h6-16,18,21-23,27H,1-5H3. The molecule has 0 aromatic heterocycles. The fourth-order valence-electron chi connectivity index (χ4n) is 5.39. The molecule has 0 spiro atoms. The first kappa shape index (κ1) is 19.8. The van der Waals surface area contributed by atoms with Gasteiger partial charge in [0.2, 0.25) is 0 Å². The molecule has 3 aliphatic rings. The van der Waals surface area contributed by atoms with Crippen LogP contribution in [0.1, 0.15) is 38.8 Å². The Morgan fingerprint density at radius 2 is 1.55 bits per heavy atom. The van der Waals surface area contributed by atoms with Crippen molar-refractivity contribution < 1.29 is 9.53 Å². The zero-order valence-corrected chi connectivity index (χ0v) is 18.0. The molecule has 1 aromatic carbocycles. The van der Waals surface area contributed by atoms with Gasteiger partial charge in [-0.25, -0.2) is 0 Å². The predicted molar refractivity (Wildman–Crippen MR) is 117 cm³/mol. The Bertz CT molecular complexity index is 932. The van der Waals surface area contributed by atoms with E-state index in [-0.39, 0.29) is 28.8 Å². The average molecular weight is 390 g/mol. The van der Waals surface area contributed by atoms with Gasteiger partial charge in [0, 0.05) is 5.70 Å². The lowest BCUT2D eigenvalue weighted by Crippen LogP contribution is -2.49. The Labute approximate surface area is 174 Å². The van der Waals surface area contributed by atoms with Crippen molar-refractivity contribution in [3.63, 3.8) is 0 Å². The quantitative estimate of drug-likeness (QED) is 0.754. The number of carbonyl (C=O) groups is 1. The lowest BCUT2D eigenvalue weighted by atomic mass is 9.51. The van der Waals surface area contributed by atoms with Crippen LogP contribution >= 0.6 is 0 Å². The van der Waals surface area contributed by atoms with Crippen LogP contribution in [0.5, 0.6) is 0 Å². The second-order valence-electron chi connectivity index (χ2n) is 9.51. The molecule has 4 unspecified atom stereocenters. The maximum atomic E-state index is 12.2. The minimum Gasteiger partial charge on any atom is -0.468 e. The van der Waals surface area contributed by atoms with Crippen molar-refractivity contribution in [1.29, 1.82) is 0 Å². The molecule has 152 valence electrons. The number of nitrogens with one attached hydrogen (secondary N) is 1. The molecule has 0 saturated carbocycles. The minimum absolute atomic E-state index is 0.0263. The molecule has 29 heavy (non-hydrogen) atoms. The molecule has 0 fully saturated rings. The van der Waals surface area contributed by atoms with Gasteiger partial charge < -0.3 is 10.1 Å². The van der Waals surface area contributed by atoms with Crippen LogP contribution in [-0.2, 0) is 20.4 Å². The highest BCUT2D eigenvalue weighted by Crippen LogP contribution is 2.54. The number of esters is 1. The zero-order chi connectivity index (χ0) is 20.8. The number of ether oxygens (including phenoxy) is 1.